The molecule has 4 heteroatoms. The Balaban J connectivity index is 1.52. The number of rotatable bonds is 5. The maximum absolute atomic E-state index is 12.7. The third-order valence-electron chi connectivity index (χ3n) is 6.18. The van der Waals surface area contributed by atoms with Gasteiger partial charge in [0.1, 0.15) is 6.17 Å². The minimum Gasteiger partial charge on any atom is -0.370 e. The van der Waals surface area contributed by atoms with Crippen LogP contribution in [0.1, 0.15) is 56.1 Å². The van der Waals surface area contributed by atoms with Crippen LogP contribution in [0, 0.1) is 5.92 Å². The molecule has 2 aliphatic rings. The third kappa shape index (κ3) is 4.87. The largest absolute Gasteiger partial charge is 0.370 e. The minimum atomic E-state index is -0.249. The number of fused-ring (bicyclic) bond motifs is 1. The number of aliphatic imine (C=N–C) groups is 1. The molecular weight excluding hydrogens is 358 g/mol. The van der Waals surface area contributed by atoms with Crippen LogP contribution in [0.2, 0.25) is 0 Å². The van der Waals surface area contributed by atoms with Crippen molar-refractivity contribution in [2.45, 2.75) is 51.1 Å². The van der Waals surface area contributed by atoms with Gasteiger partial charge in [-0.05, 0) is 18.4 Å². The third-order valence-corrected chi connectivity index (χ3v) is 6.18. The van der Waals surface area contributed by atoms with E-state index in [0.29, 0.717) is 13.0 Å². The van der Waals surface area contributed by atoms with Gasteiger partial charge in [-0.25, -0.2) is 0 Å². The first-order chi connectivity index (χ1) is 14.2. The molecule has 1 unspecified atom stereocenters. The number of carbonyl (C=O) groups is 1. The van der Waals surface area contributed by atoms with Crippen molar-refractivity contribution in [3.63, 3.8) is 0 Å². The highest BCUT2D eigenvalue weighted by Gasteiger charge is 2.24. The highest BCUT2D eigenvalue weighted by molar-refractivity contribution is 6.16. The number of amides is 1. The lowest BCUT2D eigenvalue weighted by atomic mass is 9.86. The maximum atomic E-state index is 12.7. The molecule has 1 aliphatic carbocycles. The summed E-state index contributed by atoms with van der Waals surface area (Å²) in [5.41, 5.74) is 4.29. The summed E-state index contributed by atoms with van der Waals surface area (Å²) >= 11 is 0. The van der Waals surface area contributed by atoms with Crippen molar-refractivity contribution < 1.29 is 4.79 Å². The topological polar surface area (TPSA) is 44.7 Å². The van der Waals surface area contributed by atoms with Crippen LogP contribution in [0.25, 0.3) is 0 Å². The zero-order valence-corrected chi connectivity index (χ0v) is 17.3. The van der Waals surface area contributed by atoms with E-state index >= 15 is 0 Å². The van der Waals surface area contributed by atoms with E-state index in [1.165, 1.54) is 32.1 Å². The molecule has 2 aromatic rings. The second kappa shape index (κ2) is 9.25. The number of benzene rings is 2. The molecule has 0 saturated heterocycles. The Labute approximate surface area is 174 Å². The number of benzodiazepines with no additional fused rings is 1. The smallest absolute Gasteiger partial charge is 0.221 e. The molecule has 1 heterocycles. The van der Waals surface area contributed by atoms with Crippen LogP contribution in [0.15, 0.2) is 59.6 Å². The summed E-state index contributed by atoms with van der Waals surface area (Å²) < 4.78 is 0. The van der Waals surface area contributed by atoms with Gasteiger partial charge in [0.2, 0.25) is 5.91 Å². The summed E-state index contributed by atoms with van der Waals surface area (Å²) in [6.07, 6.45) is 7.93. The molecule has 152 valence electrons. The van der Waals surface area contributed by atoms with Crippen molar-refractivity contribution in [2.75, 3.05) is 18.5 Å². The first-order valence-electron chi connectivity index (χ1n) is 10.9. The van der Waals surface area contributed by atoms with Gasteiger partial charge >= 0.3 is 0 Å². The van der Waals surface area contributed by atoms with Crippen LogP contribution in [-0.4, -0.2) is 31.4 Å². The molecule has 0 aromatic heterocycles. The highest BCUT2D eigenvalue weighted by Crippen LogP contribution is 2.28. The Morgan fingerprint density at radius 2 is 1.76 bits per heavy atom. The molecule has 4 rings (SSSR count). The number of nitrogens with zero attached hydrogens (tertiary/aromatic N) is 2. The summed E-state index contributed by atoms with van der Waals surface area (Å²) in [5, 5.41) is 3.20. The molecule has 1 saturated carbocycles. The zero-order valence-electron chi connectivity index (χ0n) is 17.3. The van der Waals surface area contributed by atoms with E-state index in [0.717, 1.165) is 34.9 Å². The van der Waals surface area contributed by atoms with Gasteiger partial charge in [-0.3, -0.25) is 9.79 Å². The summed E-state index contributed by atoms with van der Waals surface area (Å²) in [7, 11) is 2.07. The van der Waals surface area contributed by atoms with Crippen molar-refractivity contribution in [3.05, 3.63) is 65.7 Å². The van der Waals surface area contributed by atoms with E-state index in [2.05, 4.69) is 47.6 Å². The molecule has 2 aromatic carbocycles. The molecule has 1 N–H and O–H groups in total. The molecule has 0 spiro atoms. The lowest BCUT2D eigenvalue weighted by Gasteiger charge is -2.24. The number of hydrogen-bond acceptors (Lipinski definition) is 3. The molecular formula is C25H31N3O. The minimum absolute atomic E-state index is 0.121. The van der Waals surface area contributed by atoms with Gasteiger partial charge in [0.25, 0.3) is 0 Å². The van der Waals surface area contributed by atoms with Crippen LogP contribution in [0.4, 0.5) is 5.69 Å². The van der Waals surface area contributed by atoms with Crippen LogP contribution in [0.3, 0.4) is 0 Å². The second-order valence-corrected chi connectivity index (χ2v) is 8.37. The predicted octanol–water partition coefficient (Wildman–Crippen LogP) is 4.78. The lowest BCUT2D eigenvalue weighted by Crippen LogP contribution is -2.41. The van der Waals surface area contributed by atoms with Gasteiger partial charge in [-0.1, -0.05) is 80.6 Å². The van der Waals surface area contributed by atoms with Gasteiger partial charge in [0.15, 0.2) is 0 Å². The normalized spacial score (nSPS) is 19.8. The van der Waals surface area contributed by atoms with E-state index in [-0.39, 0.29) is 12.1 Å². The second-order valence-electron chi connectivity index (χ2n) is 8.37. The molecule has 0 radical (unpaired) electrons. The maximum Gasteiger partial charge on any atom is 0.221 e. The number of carbonyl (C=O) groups excluding carboxylic acids is 1. The van der Waals surface area contributed by atoms with Gasteiger partial charge < -0.3 is 10.2 Å². The number of likely N-dealkylation sites (N-methyl/N-ethyl adjacent to an activating group) is 1. The van der Waals surface area contributed by atoms with E-state index in [4.69, 9.17) is 4.99 Å². The molecule has 1 fully saturated rings. The van der Waals surface area contributed by atoms with Gasteiger partial charge in [-0.15, -0.1) is 0 Å². The fourth-order valence-corrected chi connectivity index (χ4v) is 4.60. The van der Waals surface area contributed by atoms with Gasteiger partial charge in [0, 0.05) is 30.3 Å². The van der Waals surface area contributed by atoms with Crippen LogP contribution < -0.4 is 10.2 Å². The number of anilines is 1. The molecule has 29 heavy (non-hydrogen) atoms. The summed E-state index contributed by atoms with van der Waals surface area (Å²) in [6, 6.07) is 18.6. The van der Waals surface area contributed by atoms with Crippen molar-refractivity contribution in [1.82, 2.24) is 5.32 Å². The number of nitrogens with one attached hydrogen (secondary N) is 1. The number of hydrogen-bond donors (Lipinski definition) is 1. The van der Waals surface area contributed by atoms with E-state index in [1.807, 2.05) is 24.3 Å². The SMILES string of the molecule is CN1CC(NC(=O)CCC2CCCCC2)N=C(c2ccccc2)c2ccccc21. The van der Waals surface area contributed by atoms with Crippen molar-refractivity contribution in [1.29, 1.82) is 0 Å². The Hall–Kier alpha value is -2.62. The quantitative estimate of drug-likeness (QED) is 0.800. The lowest BCUT2D eigenvalue weighted by molar-refractivity contribution is -0.122. The van der Waals surface area contributed by atoms with Crippen molar-refractivity contribution in [2.24, 2.45) is 10.9 Å². The Kier molecular flexibility index (Phi) is 6.28. The fourth-order valence-electron chi connectivity index (χ4n) is 4.60. The summed E-state index contributed by atoms with van der Waals surface area (Å²) in [4.78, 5) is 19.9. The average molecular weight is 390 g/mol. The van der Waals surface area contributed by atoms with Crippen molar-refractivity contribution in [3.8, 4) is 0 Å². The van der Waals surface area contributed by atoms with Crippen LogP contribution in [0.5, 0.6) is 0 Å². The van der Waals surface area contributed by atoms with Crippen LogP contribution in [-0.2, 0) is 4.79 Å². The molecule has 4 nitrogen and oxygen atoms in total. The summed E-state index contributed by atoms with van der Waals surface area (Å²) in [6.45, 7) is 0.669. The monoisotopic (exact) mass is 389 g/mol. The fraction of sp³-hybridized carbons (Fsp3) is 0.440. The van der Waals surface area contributed by atoms with E-state index < -0.39 is 0 Å². The molecule has 1 aliphatic heterocycles. The molecule has 1 atom stereocenters. The Bertz CT molecular complexity index is 855. The van der Waals surface area contributed by atoms with Gasteiger partial charge in [-0.2, -0.15) is 0 Å². The first kappa shape index (κ1) is 19.7. The molecule has 0 bridgehead atoms. The first-order valence-corrected chi connectivity index (χ1v) is 10.9. The van der Waals surface area contributed by atoms with E-state index in [1.54, 1.807) is 0 Å². The Morgan fingerprint density at radius 1 is 1.03 bits per heavy atom. The average Bonchev–Trinajstić information content (AvgIpc) is 2.90. The standard InChI is InChI=1S/C25H31N3O/c1-28-18-23(26-24(29)17-16-19-10-4-2-5-11-19)27-25(20-12-6-3-7-13-20)21-14-8-9-15-22(21)28/h3,6-9,12-15,19,23H,2,4-5,10-11,16-18H2,1H3,(H,26,29). The highest BCUT2D eigenvalue weighted by atomic mass is 16.1. The predicted molar refractivity (Wildman–Crippen MR) is 120 cm³/mol. The zero-order chi connectivity index (χ0) is 20.1. The van der Waals surface area contributed by atoms with E-state index in [9.17, 15) is 4.79 Å². The van der Waals surface area contributed by atoms with Crippen molar-refractivity contribution >= 4 is 17.3 Å². The van der Waals surface area contributed by atoms with Crippen LogP contribution >= 0.6 is 0 Å². The molecule has 1 amide bonds. The number of para-hydroxylation sites is 1. The summed E-state index contributed by atoms with van der Waals surface area (Å²) in [5.74, 6) is 0.843. The Morgan fingerprint density at radius 3 is 2.55 bits per heavy atom. The van der Waals surface area contributed by atoms with Gasteiger partial charge in [0.05, 0.1) is 12.3 Å².